The van der Waals surface area contributed by atoms with Crippen LogP contribution < -0.4 is 11.1 Å². The topological polar surface area (TPSA) is 67.6 Å². The van der Waals surface area contributed by atoms with Crippen LogP contribution in [0, 0.1) is 0 Å². The van der Waals surface area contributed by atoms with Gasteiger partial charge < -0.3 is 15.8 Å². The Bertz CT molecular complexity index is 494. The van der Waals surface area contributed by atoms with Crippen LogP contribution in [0.5, 0.6) is 0 Å². The van der Waals surface area contributed by atoms with Crippen molar-refractivity contribution in [3.05, 3.63) is 29.8 Å². The minimum atomic E-state index is -0.249. The number of nitrogens with zero attached hydrogens (tertiary/aromatic N) is 1. The summed E-state index contributed by atoms with van der Waals surface area (Å²) in [5, 5.41) is 2.88. The average molecular weight is 309 g/mol. The van der Waals surface area contributed by atoms with Crippen LogP contribution in [0.15, 0.2) is 24.3 Å². The number of hydrogen-bond donors (Lipinski definition) is 2. The maximum atomic E-state index is 12.3. The summed E-state index contributed by atoms with van der Waals surface area (Å²) in [4.78, 5) is 14.5. The van der Waals surface area contributed by atoms with Gasteiger partial charge in [-0.05, 0) is 32.5 Å². The van der Waals surface area contributed by atoms with Crippen LogP contribution in [-0.2, 0) is 9.53 Å². The predicted octanol–water partition coefficient (Wildman–Crippen LogP) is 1.62. The van der Waals surface area contributed by atoms with E-state index in [1.165, 1.54) is 0 Å². The molecule has 1 atom stereocenters. The van der Waals surface area contributed by atoms with Crippen molar-refractivity contribution in [2.45, 2.75) is 19.4 Å². The number of nitrogens with two attached hydrogens (primary N) is 1. The van der Waals surface area contributed by atoms with Crippen molar-refractivity contribution in [3.63, 3.8) is 0 Å². The molecular formula is C15H23N3O2S. The van der Waals surface area contributed by atoms with E-state index in [1.807, 2.05) is 31.0 Å². The first-order chi connectivity index (χ1) is 9.97. The van der Waals surface area contributed by atoms with E-state index < -0.39 is 0 Å². The molecule has 0 saturated heterocycles. The molecule has 0 heterocycles. The summed E-state index contributed by atoms with van der Waals surface area (Å²) in [6.07, 6.45) is 0.883. The van der Waals surface area contributed by atoms with Crippen molar-refractivity contribution >= 4 is 28.8 Å². The fourth-order valence-corrected chi connectivity index (χ4v) is 2.07. The first kappa shape index (κ1) is 17.6. The average Bonchev–Trinajstić information content (AvgIpc) is 2.46. The van der Waals surface area contributed by atoms with Gasteiger partial charge in [-0.1, -0.05) is 24.4 Å². The molecule has 0 aliphatic rings. The molecule has 3 N–H and O–H groups in total. The van der Waals surface area contributed by atoms with Gasteiger partial charge in [0, 0.05) is 25.8 Å². The summed E-state index contributed by atoms with van der Waals surface area (Å²) in [7, 11) is 3.59. The molecule has 0 aliphatic carbocycles. The second-order valence-corrected chi connectivity index (χ2v) is 5.34. The lowest BCUT2D eigenvalue weighted by molar-refractivity contribution is -0.120. The Hall–Kier alpha value is -1.50. The third-order valence-corrected chi connectivity index (χ3v) is 3.57. The molecule has 5 nitrogen and oxygen atoms in total. The Balaban J connectivity index is 2.66. The summed E-state index contributed by atoms with van der Waals surface area (Å²) >= 11 is 4.99. The van der Waals surface area contributed by atoms with Crippen LogP contribution in [-0.4, -0.2) is 49.1 Å². The molecule has 1 aromatic carbocycles. The number of carbonyl (C=O) groups excluding carboxylic acids is 1. The van der Waals surface area contributed by atoms with Crippen molar-refractivity contribution in [1.82, 2.24) is 4.90 Å². The highest BCUT2D eigenvalue weighted by Gasteiger charge is 2.18. The number of thiocarbonyl (C=S) groups is 1. The molecule has 1 rings (SSSR count). The third-order valence-electron chi connectivity index (χ3n) is 3.35. The molecule has 0 radical (unpaired) electrons. The highest BCUT2D eigenvalue weighted by molar-refractivity contribution is 7.80. The lowest BCUT2D eigenvalue weighted by Crippen LogP contribution is -2.40. The maximum absolute atomic E-state index is 12.3. The molecule has 0 bridgehead atoms. The fraction of sp³-hybridized carbons (Fsp3) is 0.467. The van der Waals surface area contributed by atoms with Gasteiger partial charge in [-0.15, -0.1) is 0 Å². The highest BCUT2D eigenvalue weighted by atomic mass is 32.1. The number of para-hydroxylation sites is 1. The molecule has 1 unspecified atom stereocenters. The highest BCUT2D eigenvalue weighted by Crippen LogP contribution is 2.15. The summed E-state index contributed by atoms with van der Waals surface area (Å²) < 4.78 is 5.01. The first-order valence-corrected chi connectivity index (χ1v) is 7.27. The minimum Gasteiger partial charge on any atom is -0.389 e. The molecule has 0 fully saturated rings. The van der Waals surface area contributed by atoms with Gasteiger partial charge in [0.15, 0.2) is 0 Å². The van der Waals surface area contributed by atoms with Crippen LogP contribution >= 0.6 is 12.2 Å². The predicted molar refractivity (Wildman–Crippen MR) is 89.5 cm³/mol. The van der Waals surface area contributed by atoms with Gasteiger partial charge in [0.2, 0.25) is 5.91 Å². The Morgan fingerprint density at radius 2 is 2.14 bits per heavy atom. The van der Waals surface area contributed by atoms with Crippen LogP contribution in [0.25, 0.3) is 0 Å². The van der Waals surface area contributed by atoms with E-state index >= 15 is 0 Å². The van der Waals surface area contributed by atoms with E-state index in [-0.39, 0.29) is 16.9 Å². The van der Waals surface area contributed by atoms with Crippen molar-refractivity contribution in [1.29, 1.82) is 0 Å². The largest absolute Gasteiger partial charge is 0.389 e. The lowest BCUT2D eigenvalue weighted by atomic mass is 10.1. The van der Waals surface area contributed by atoms with E-state index in [2.05, 4.69) is 5.32 Å². The van der Waals surface area contributed by atoms with E-state index in [0.717, 1.165) is 13.0 Å². The van der Waals surface area contributed by atoms with E-state index in [0.29, 0.717) is 17.9 Å². The summed E-state index contributed by atoms with van der Waals surface area (Å²) in [5.41, 5.74) is 6.98. The summed E-state index contributed by atoms with van der Waals surface area (Å²) in [5.74, 6) is -0.0846. The maximum Gasteiger partial charge on any atom is 0.241 e. The zero-order valence-corrected chi connectivity index (χ0v) is 13.6. The van der Waals surface area contributed by atoms with E-state index in [1.54, 1.807) is 19.2 Å². The van der Waals surface area contributed by atoms with Crippen molar-refractivity contribution in [2.24, 2.45) is 5.73 Å². The normalized spacial score (nSPS) is 12.2. The Morgan fingerprint density at radius 3 is 2.76 bits per heavy atom. The van der Waals surface area contributed by atoms with Crippen LogP contribution in [0.2, 0.25) is 0 Å². The van der Waals surface area contributed by atoms with Crippen LogP contribution in [0.4, 0.5) is 5.69 Å². The molecule has 0 aromatic heterocycles. The van der Waals surface area contributed by atoms with Crippen LogP contribution in [0.3, 0.4) is 0 Å². The minimum absolute atomic E-state index is 0.0846. The SMILES string of the molecule is COCCCN(C)C(C)C(=O)Nc1ccccc1C(N)=S. The van der Waals surface area contributed by atoms with E-state index in [4.69, 9.17) is 22.7 Å². The number of rotatable bonds is 8. The molecular weight excluding hydrogens is 286 g/mol. The van der Waals surface area contributed by atoms with Gasteiger partial charge >= 0.3 is 0 Å². The second kappa shape index (κ2) is 8.71. The molecule has 0 saturated carbocycles. The summed E-state index contributed by atoms with van der Waals surface area (Å²) in [6.45, 7) is 3.34. The van der Waals surface area contributed by atoms with Gasteiger partial charge in [-0.3, -0.25) is 9.69 Å². The van der Waals surface area contributed by atoms with Gasteiger partial charge in [-0.25, -0.2) is 0 Å². The zero-order valence-electron chi connectivity index (χ0n) is 12.8. The van der Waals surface area contributed by atoms with Gasteiger partial charge in [0.25, 0.3) is 0 Å². The number of hydrogen-bond acceptors (Lipinski definition) is 4. The smallest absolute Gasteiger partial charge is 0.241 e. The fourth-order valence-electron chi connectivity index (χ4n) is 1.90. The Morgan fingerprint density at radius 1 is 1.48 bits per heavy atom. The number of methoxy groups -OCH3 is 1. The Labute approximate surface area is 131 Å². The molecule has 1 aromatic rings. The number of ether oxygens (including phenoxy) is 1. The number of benzene rings is 1. The molecule has 21 heavy (non-hydrogen) atoms. The number of amides is 1. The summed E-state index contributed by atoms with van der Waals surface area (Å²) in [6, 6.07) is 7.02. The standard InChI is InChI=1S/C15H23N3O2S/c1-11(18(2)9-6-10-20-3)15(19)17-13-8-5-4-7-12(13)14(16)21/h4-5,7-8,11H,6,9-10H2,1-3H3,(H2,16,21)(H,17,19). The molecule has 0 aliphatic heterocycles. The molecule has 6 heteroatoms. The molecule has 0 spiro atoms. The third kappa shape index (κ3) is 5.41. The molecule has 116 valence electrons. The lowest BCUT2D eigenvalue weighted by Gasteiger charge is -2.24. The van der Waals surface area contributed by atoms with E-state index in [9.17, 15) is 4.79 Å². The number of nitrogens with one attached hydrogen (secondary N) is 1. The zero-order chi connectivity index (χ0) is 15.8. The molecule has 1 amide bonds. The van der Waals surface area contributed by atoms with Gasteiger partial charge in [-0.2, -0.15) is 0 Å². The first-order valence-electron chi connectivity index (χ1n) is 6.86. The number of anilines is 1. The van der Waals surface area contributed by atoms with Crippen LogP contribution in [0.1, 0.15) is 18.9 Å². The quantitative estimate of drug-likeness (QED) is 0.564. The number of carbonyl (C=O) groups is 1. The van der Waals surface area contributed by atoms with Crippen molar-refractivity contribution < 1.29 is 9.53 Å². The van der Waals surface area contributed by atoms with Crippen molar-refractivity contribution in [3.8, 4) is 0 Å². The van der Waals surface area contributed by atoms with Gasteiger partial charge in [0.05, 0.1) is 11.7 Å². The number of likely N-dealkylation sites (N-methyl/N-ethyl adjacent to an activating group) is 1. The van der Waals surface area contributed by atoms with Crippen molar-refractivity contribution in [2.75, 3.05) is 32.6 Å². The Kier molecular flexibility index (Phi) is 7.28. The second-order valence-electron chi connectivity index (χ2n) is 4.90. The van der Waals surface area contributed by atoms with Gasteiger partial charge in [0.1, 0.15) is 4.99 Å². The monoisotopic (exact) mass is 309 g/mol.